The summed E-state index contributed by atoms with van der Waals surface area (Å²) in [6.45, 7) is 16.9. The quantitative estimate of drug-likeness (QED) is 0.684. The third kappa shape index (κ3) is 4.72. The predicted molar refractivity (Wildman–Crippen MR) is 124 cm³/mol. The predicted octanol–water partition coefficient (Wildman–Crippen LogP) is 3.92. The molecule has 6 nitrogen and oxygen atoms in total. The highest BCUT2D eigenvalue weighted by atomic mass is 16.7. The van der Waals surface area contributed by atoms with Gasteiger partial charge >= 0.3 is 13.2 Å². The van der Waals surface area contributed by atoms with Gasteiger partial charge in [0.25, 0.3) is 0 Å². The average molecular weight is 428 g/mol. The van der Waals surface area contributed by atoms with Crippen LogP contribution in [0.3, 0.4) is 0 Å². The number of rotatable bonds is 3. The lowest BCUT2D eigenvalue weighted by atomic mass is 9.76. The molecule has 1 amide bonds. The van der Waals surface area contributed by atoms with Gasteiger partial charge in [0.15, 0.2) is 0 Å². The zero-order valence-electron chi connectivity index (χ0n) is 20.2. The van der Waals surface area contributed by atoms with Crippen LogP contribution in [-0.2, 0) is 14.0 Å². The van der Waals surface area contributed by atoms with Crippen LogP contribution in [0.1, 0.15) is 72.8 Å². The van der Waals surface area contributed by atoms with E-state index < -0.39 is 5.60 Å². The highest BCUT2D eigenvalue weighted by Gasteiger charge is 2.52. The van der Waals surface area contributed by atoms with E-state index in [1.807, 2.05) is 20.8 Å². The maximum absolute atomic E-state index is 12.4. The summed E-state index contributed by atoms with van der Waals surface area (Å²) in [6.07, 6.45) is 2.29. The Bertz CT molecular complexity index is 820. The van der Waals surface area contributed by atoms with Crippen molar-refractivity contribution in [2.45, 2.75) is 84.0 Å². The molecule has 1 aromatic carbocycles. The van der Waals surface area contributed by atoms with Crippen LogP contribution >= 0.6 is 0 Å². The van der Waals surface area contributed by atoms with Crippen LogP contribution in [-0.4, -0.2) is 61.1 Å². The molecule has 31 heavy (non-hydrogen) atoms. The first-order valence-corrected chi connectivity index (χ1v) is 11.6. The molecule has 0 unspecified atom stereocenters. The van der Waals surface area contributed by atoms with Gasteiger partial charge in [-0.25, -0.2) is 4.79 Å². The number of carbonyl (C=O) groups excluding carboxylic acids is 1. The molecular weight excluding hydrogens is 391 g/mol. The molecule has 2 aliphatic heterocycles. The first-order chi connectivity index (χ1) is 14.4. The highest BCUT2D eigenvalue weighted by molar-refractivity contribution is 6.64. The Morgan fingerprint density at radius 3 is 2.13 bits per heavy atom. The Balaban J connectivity index is 1.53. The van der Waals surface area contributed by atoms with E-state index in [9.17, 15) is 4.79 Å². The molecule has 1 aromatic rings. The number of hydrogen-bond acceptors (Lipinski definition) is 5. The Kier molecular flexibility index (Phi) is 5.58. The van der Waals surface area contributed by atoms with Gasteiger partial charge in [-0.1, -0.05) is 12.1 Å². The van der Waals surface area contributed by atoms with E-state index in [1.165, 1.54) is 18.4 Å². The minimum Gasteiger partial charge on any atom is -0.444 e. The Labute approximate surface area is 187 Å². The number of anilines is 1. The largest absolute Gasteiger partial charge is 0.496 e. The lowest BCUT2D eigenvalue weighted by molar-refractivity contribution is 0.00578. The lowest BCUT2D eigenvalue weighted by Gasteiger charge is -2.37. The van der Waals surface area contributed by atoms with E-state index in [4.69, 9.17) is 14.0 Å². The van der Waals surface area contributed by atoms with Crippen molar-refractivity contribution in [2.24, 2.45) is 0 Å². The molecule has 0 N–H and O–H groups in total. The molecule has 2 saturated heterocycles. The summed E-state index contributed by atoms with van der Waals surface area (Å²) in [5, 5.41) is 0. The van der Waals surface area contributed by atoms with Gasteiger partial charge < -0.3 is 23.8 Å². The normalized spacial score (nSPS) is 23.3. The average Bonchev–Trinajstić information content (AvgIpc) is 3.47. The Morgan fingerprint density at radius 2 is 1.61 bits per heavy atom. The van der Waals surface area contributed by atoms with E-state index in [1.54, 1.807) is 4.90 Å². The second-order valence-corrected chi connectivity index (χ2v) is 11.1. The molecule has 3 aliphatic rings. The molecule has 1 aliphatic carbocycles. The Morgan fingerprint density at radius 1 is 1.03 bits per heavy atom. The topological polar surface area (TPSA) is 51.2 Å². The van der Waals surface area contributed by atoms with Crippen LogP contribution in [0.2, 0.25) is 0 Å². The van der Waals surface area contributed by atoms with Gasteiger partial charge in [-0.05, 0) is 78.9 Å². The number of benzene rings is 1. The van der Waals surface area contributed by atoms with Gasteiger partial charge in [0.2, 0.25) is 0 Å². The van der Waals surface area contributed by atoms with E-state index in [-0.39, 0.29) is 24.4 Å². The lowest BCUT2D eigenvalue weighted by Crippen LogP contribution is -2.52. The minimum absolute atomic E-state index is 0.234. The molecule has 0 radical (unpaired) electrons. The van der Waals surface area contributed by atoms with Crippen LogP contribution in [0.25, 0.3) is 0 Å². The second kappa shape index (κ2) is 7.70. The van der Waals surface area contributed by atoms with Crippen molar-refractivity contribution in [3.63, 3.8) is 0 Å². The summed E-state index contributed by atoms with van der Waals surface area (Å²) in [5.41, 5.74) is 2.40. The van der Waals surface area contributed by atoms with E-state index in [0.717, 1.165) is 24.2 Å². The number of nitrogens with zero attached hydrogens (tertiary/aromatic N) is 2. The fourth-order valence-electron chi connectivity index (χ4n) is 4.15. The smallest absolute Gasteiger partial charge is 0.444 e. The highest BCUT2D eigenvalue weighted by Crippen LogP contribution is 2.41. The third-order valence-electron chi connectivity index (χ3n) is 6.88. The molecule has 2 heterocycles. The van der Waals surface area contributed by atoms with Gasteiger partial charge in [-0.2, -0.15) is 0 Å². The Hall–Kier alpha value is -1.73. The minimum atomic E-state index is -0.475. The molecule has 0 bridgehead atoms. The molecule has 1 saturated carbocycles. The van der Waals surface area contributed by atoms with Gasteiger partial charge in [0.1, 0.15) is 5.60 Å². The molecule has 7 heteroatoms. The van der Waals surface area contributed by atoms with Crippen molar-refractivity contribution in [3.05, 3.63) is 23.8 Å². The fourth-order valence-corrected chi connectivity index (χ4v) is 4.15. The monoisotopic (exact) mass is 428 g/mol. The molecule has 0 spiro atoms. The van der Waals surface area contributed by atoms with Gasteiger partial charge in [-0.3, -0.25) is 0 Å². The third-order valence-corrected chi connectivity index (χ3v) is 6.88. The van der Waals surface area contributed by atoms with Crippen molar-refractivity contribution < 1.29 is 18.8 Å². The summed E-state index contributed by atoms with van der Waals surface area (Å²) in [4.78, 5) is 16.6. The van der Waals surface area contributed by atoms with Gasteiger partial charge in [0, 0.05) is 37.3 Å². The zero-order valence-corrected chi connectivity index (χ0v) is 20.2. The van der Waals surface area contributed by atoms with Crippen LogP contribution in [0.15, 0.2) is 18.2 Å². The standard InChI is InChI=1S/C24H37BN2O4/c1-22(2,3)29-21(28)27-14-12-26(13-15-27)20-11-10-18(17-8-9-17)16-19(20)25-30-23(4,5)24(6,7)31-25/h10-11,16-17H,8-9,12-15H2,1-7H3. The van der Waals surface area contributed by atoms with Crippen molar-refractivity contribution in [2.75, 3.05) is 31.1 Å². The maximum Gasteiger partial charge on any atom is 0.496 e. The van der Waals surface area contributed by atoms with Crippen molar-refractivity contribution in [1.29, 1.82) is 0 Å². The molecule has 3 fully saturated rings. The van der Waals surface area contributed by atoms with Gasteiger partial charge in [0.05, 0.1) is 11.2 Å². The van der Waals surface area contributed by atoms with Crippen LogP contribution < -0.4 is 10.4 Å². The van der Waals surface area contributed by atoms with Crippen LogP contribution in [0.5, 0.6) is 0 Å². The van der Waals surface area contributed by atoms with E-state index in [2.05, 4.69) is 50.8 Å². The number of hydrogen-bond donors (Lipinski definition) is 0. The van der Waals surface area contributed by atoms with Crippen LogP contribution in [0.4, 0.5) is 10.5 Å². The molecule has 0 aromatic heterocycles. The number of amides is 1. The van der Waals surface area contributed by atoms with Crippen molar-refractivity contribution in [3.8, 4) is 0 Å². The van der Waals surface area contributed by atoms with E-state index in [0.29, 0.717) is 19.0 Å². The van der Waals surface area contributed by atoms with Crippen molar-refractivity contribution in [1.82, 2.24) is 4.90 Å². The molecule has 170 valence electrons. The zero-order chi connectivity index (χ0) is 22.6. The van der Waals surface area contributed by atoms with E-state index >= 15 is 0 Å². The fraction of sp³-hybridized carbons (Fsp3) is 0.708. The molecule has 4 rings (SSSR count). The summed E-state index contributed by atoms with van der Waals surface area (Å²) in [6, 6.07) is 6.76. The maximum atomic E-state index is 12.4. The summed E-state index contributed by atoms with van der Waals surface area (Å²) in [7, 11) is -0.386. The number of ether oxygens (including phenoxy) is 1. The number of carbonyl (C=O) groups is 1. The van der Waals surface area contributed by atoms with Gasteiger partial charge in [-0.15, -0.1) is 0 Å². The first kappa shape index (κ1) is 22.5. The first-order valence-electron chi connectivity index (χ1n) is 11.6. The summed E-state index contributed by atoms with van der Waals surface area (Å²) >= 11 is 0. The second-order valence-electron chi connectivity index (χ2n) is 11.1. The number of piperazine rings is 1. The summed E-state index contributed by atoms with van der Waals surface area (Å²) < 4.78 is 18.4. The molecular formula is C24H37BN2O4. The van der Waals surface area contributed by atoms with Crippen molar-refractivity contribution >= 4 is 24.4 Å². The van der Waals surface area contributed by atoms with Crippen LogP contribution in [0, 0.1) is 0 Å². The SMILES string of the molecule is CC(C)(C)OC(=O)N1CCN(c2ccc(C3CC3)cc2B2OC(C)(C)C(C)(C)O2)CC1. The molecule has 0 atom stereocenters. The summed E-state index contributed by atoms with van der Waals surface area (Å²) in [5.74, 6) is 0.666.